The number of rotatable bonds is 2. The van der Waals surface area contributed by atoms with Crippen molar-refractivity contribution in [2.24, 2.45) is 0 Å². The SMILES string of the molecule is CO[C@@H]1C[C@H](O)C[C@@H](CO)O1. The zero-order chi connectivity index (χ0) is 8.27. The molecule has 1 saturated heterocycles. The van der Waals surface area contributed by atoms with Gasteiger partial charge in [0.2, 0.25) is 0 Å². The van der Waals surface area contributed by atoms with Crippen LogP contribution in [0.1, 0.15) is 12.8 Å². The topological polar surface area (TPSA) is 58.9 Å². The Balaban J connectivity index is 2.37. The van der Waals surface area contributed by atoms with Gasteiger partial charge in [0.05, 0.1) is 18.8 Å². The highest BCUT2D eigenvalue weighted by Gasteiger charge is 2.27. The van der Waals surface area contributed by atoms with Crippen LogP contribution in [0.4, 0.5) is 0 Å². The molecule has 1 heterocycles. The average Bonchev–Trinajstić information content (AvgIpc) is 2.03. The molecule has 11 heavy (non-hydrogen) atoms. The lowest BCUT2D eigenvalue weighted by atomic mass is 10.1. The number of hydrogen-bond donors (Lipinski definition) is 2. The Hall–Kier alpha value is -0.160. The Bertz CT molecular complexity index is 105. The molecule has 0 aromatic heterocycles. The van der Waals surface area contributed by atoms with Crippen LogP contribution >= 0.6 is 0 Å². The largest absolute Gasteiger partial charge is 0.394 e. The molecular formula is C7H14O4. The molecule has 4 heteroatoms. The van der Waals surface area contributed by atoms with Gasteiger partial charge in [-0.1, -0.05) is 0 Å². The first kappa shape index (κ1) is 8.93. The van der Waals surface area contributed by atoms with Gasteiger partial charge in [-0.3, -0.25) is 0 Å². The van der Waals surface area contributed by atoms with Crippen LogP contribution in [0.25, 0.3) is 0 Å². The van der Waals surface area contributed by atoms with Gasteiger partial charge in [0.15, 0.2) is 6.29 Å². The van der Waals surface area contributed by atoms with Gasteiger partial charge in [0.25, 0.3) is 0 Å². The first-order chi connectivity index (χ1) is 5.26. The fourth-order valence-electron chi connectivity index (χ4n) is 1.22. The maximum Gasteiger partial charge on any atom is 0.160 e. The molecule has 3 atom stereocenters. The van der Waals surface area contributed by atoms with Crippen LogP contribution in [0.15, 0.2) is 0 Å². The molecule has 1 rings (SSSR count). The number of hydrogen-bond acceptors (Lipinski definition) is 4. The van der Waals surface area contributed by atoms with Crippen molar-refractivity contribution in [2.45, 2.75) is 31.3 Å². The lowest BCUT2D eigenvalue weighted by Crippen LogP contribution is -2.38. The molecule has 0 spiro atoms. The van der Waals surface area contributed by atoms with Crippen molar-refractivity contribution in [1.82, 2.24) is 0 Å². The lowest BCUT2D eigenvalue weighted by molar-refractivity contribution is -0.210. The minimum atomic E-state index is -0.411. The molecular weight excluding hydrogens is 148 g/mol. The van der Waals surface area contributed by atoms with E-state index in [-0.39, 0.29) is 19.0 Å². The number of aliphatic hydroxyl groups is 2. The van der Waals surface area contributed by atoms with Crippen molar-refractivity contribution in [2.75, 3.05) is 13.7 Å². The second-order valence-corrected chi connectivity index (χ2v) is 2.73. The standard InChI is InChI=1S/C7H14O4/c1-10-7-3-5(9)2-6(4-8)11-7/h5-9H,2-4H2,1H3/t5-,6+,7+/m1/s1. The Labute approximate surface area is 65.7 Å². The second-order valence-electron chi connectivity index (χ2n) is 2.73. The maximum atomic E-state index is 9.24. The van der Waals surface area contributed by atoms with Crippen molar-refractivity contribution < 1.29 is 19.7 Å². The van der Waals surface area contributed by atoms with E-state index in [2.05, 4.69) is 0 Å². The number of methoxy groups -OCH3 is 1. The highest BCUT2D eigenvalue weighted by atomic mass is 16.7. The Morgan fingerprint density at radius 1 is 1.55 bits per heavy atom. The van der Waals surface area contributed by atoms with E-state index in [0.717, 1.165) is 0 Å². The molecule has 0 amide bonds. The Morgan fingerprint density at radius 3 is 2.82 bits per heavy atom. The quantitative estimate of drug-likeness (QED) is 0.574. The predicted molar refractivity (Wildman–Crippen MR) is 38.0 cm³/mol. The van der Waals surface area contributed by atoms with E-state index in [1.807, 2.05) is 0 Å². The molecule has 0 aromatic carbocycles. The Morgan fingerprint density at radius 2 is 2.27 bits per heavy atom. The fourth-order valence-corrected chi connectivity index (χ4v) is 1.22. The summed E-state index contributed by atoms with van der Waals surface area (Å²) in [6.07, 6.45) is -0.0611. The summed E-state index contributed by atoms with van der Waals surface area (Å²) in [4.78, 5) is 0. The van der Waals surface area contributed by atoms with E-state index in [4.69, 9.17) is 14.6 Å². The van der Waals surface area contributed by atoms with Gasteiger partial charge in [-0.05, 0) is 0 Å². The molecule has 0 radical (unpaired) electrons. The van der Waals surface area contributed by atoms with E-state index >= 15 is 0 Å². The van der Waals surface area contributed by atoms with Crippen LogP contribution in [0.2, 0.25) is 0 Å². The fraction of sp³-hybridized carbons (Fsp3) is 1.00. The first-order valence-electron chi connectivity index (χ1n) is 3.73. The van der Waals surface area contributed by atoms with Crippen molar-refractivity contribution in [3.05, 3.63) is 0 Å². The predicted octanol–water partition coefficient (Wildman–Crippen LogP) is -0.509. The van der Waals surface area contributed by atoms with E-state index < -0.39 is 6.10 Å². The monoisotopic (exact) mass is 162 g/mol. The van der Waals surface area contributed by atoms with Gasteiger partial charge in [0, 0.05) is 20.0 Å². The van der Waals surface area contributed by atoms with Gasteiger partial charge in [-0.25, -0.2) is 0 Å². The zero-order valence-electron chi connectivity index (χ0n) is 6.56. The van der Waals surface area contributed by atoms with Gasteiger partial charge in [0.1, 0.15) is 0 Å². The normalized spacial score (nSPS) is 39.0. The molecule has 0 unspecified atom stereocenters. The summed E-state index contributed by atoms with van der Waals surface area (Å²) in [7, 11) is 1.52. The molecule has 0 bridgehead atoms. The second kappa shape index (κ2) is 4.01. The molecule has 66 valence electrons. The van der Waals surface area contributed by atoms with Crippen LogP contribution in [-0.4, -0.2) is 42.4 Å². The van der Waals surface area contributed by atoms with Gasteiger partial charge in [-0.2, -0.15) is 0 Å². The van der Waals surface area contributed by atoms with Crippen molar-refractivity contribution >= 4 is 0 Å². The highest BCUT2D eigenvalue weighted by Crippen LogP contribution is 2.19. The molecule has 1 aliphatic heterocycles. The van der Waals surface area contributed by atoms with Crippen molar-refractivity contribution in [3.63, 3.8) is 0 Å². The van der Waals surface area contributed by atoms with Crippen LogP contribution in [0.3, 0.4) is 0 Å². The Kier molecular flexibility index (Phi) is 3.26. The summed E-state index contributed by atoms with van der Waals surface area (Å²) in [6, 6.07) is 0. The van der Waals surface area contributed by atoms with Crippen LogP contribution < -0.4 is 0 Å². The van der Waals surface area contributed by atoms with Crippen molar-refractivity contribution in [1.29, 1.82) is 0 Å². The van der Waals surface area contributed by atoms with Gasteiger partial charge >= 0.3 is 0 Å². The van der Waals surface area contributed by atoms with Crippen LogP contribution in [-0.2, 0) is 9.47 Å². The summed E-state index contributed by atoms with van der Waals surface area (Å²) < 4.78 is 10.1. The minimum Gasteiger partial charge on any atom is -0.394 e. The summed E-state index contributed by atoms with van der Waals surface area (Å²) in [5.74, 6) is 0. The molecule has 2 N–H and O–H groups in total. The smallest absolute Gasteiger partial charge is 0.160 e. The molecule has 0 aromatic rings. The van der Waals surface area contributed by atoms with E-state index in [1.165, 1.54) is 7.11 Å². The first-order valence-corrected chi connectivity index (χ1v) is 3.73. The van der Waals surface area contributed by atoms with Crippen LogP contribution in [0, 0.1) is 0 Å². The molecule has 4 nitrogen and oxygen atoms in total. The summed E-state index contributed by atoms with van der Waals surface area (Å²) in [6.45, 7) is -0.0586. The lowest BCUT2D eigenvalue weighted by Gasteiger charge is -2.30. The molecule has 0 saturated carbocycles. The van der Waals surface area contributed by atoms with Gasteiger partial charge < -0.3 is 19.7 Å². The average molecular weight is 162 g/mol. The third kappa shape index (κ3) is 2.41. The molecule has 1 fully saturated rings. The van der Waals surface area contributed by atoms with Gasteiger partial charge in [-0.15, -0.1) is 0 Å². The highest BCUT2D eigenvalue weighted by molar-refractivity contribution is 4.72. The zero-order valence-corrected chi connectivity index (χ0v) is 6.56. The third-order valence-electron chi connectivity index (χ3n) is 1.81. The minimum absolute atomic E-state index is 0.0586. The summed E-state index contributed by atoms with van der Waals surface area (Å²) >= 11 is 0. The third-order valence-corrected chi connectivity index (χ3v) is 1.81. The molecule has 1 aliphatic rings. The van der Waals surface area contributed by atoms with E-state index in [1.54, 1.807) is 0 Å². The van der Waals surface area contributed by atoms with E-state index in [9.17, 15) is 5.11 Å². The van der Waals surface area contributed by atoms with Crippen LogP contribution in [0.5, 0.6) is 0 Å². The van der Waals surface area contributed by atoms with Crippen molar-refractivity contribution in [3.8, 4) is 0 Å². The van der Waals surface area contributed by atoms with E-state index in [0.29, 0.717) is 12.8 Å². The number of ether oxygens (including phenoxy) is 2. The summed E-state index contributed by atoms with van der Waals surface area (Å²) in [5.41, 5.74) is 0. The maximum absolute atomic E-state index is 9.24. The number of aliphatic hydroxyl groups excluding tert-OH is 2. The summed E-state index contributed by atoms with van der Waals surface area (Å²) in [5, 5.41) is 18.0. The molecule has 0 aliphatic carbocycles.